The van der Waals surface area contributed by atoms with Crippen LogP contribution in [0, 0.1) is 6.92 Å². The van der Waals surface area contributed by atoms with E-state index in [1.54, 1.807) is 42.2 Å². The lowest BCUT2D eigenvalue weighted by molar-refractivity contribution is -0.137. The van der Waals surface area contributed by atoms with Gasteiger partial charge in [-0.05, 0) is 63.6 Å². The van der Waals surface area contributed by atoms with Crippen LogP contribution in [0.25, 0.3) is 6.08 Å². The van der Waals surface area contributed by atoms with E-state index in [9.17, 15) is 14.4 Å². The Kier molecular flexibility index (Phi) is 7.33. The van der Waals surface area contributed by atoms with Crippen LogP contribution in [0.3, 0.4) is 0 Å². The standard InChI is InChI=1S/C26H28N2O5/c1-16(2)27-23(29)15-33-21-12-8-19(9-13-21)14-22-25(30)24(26(31)32-5)18(4)28(22)20-10-6-17(3)7-11-20/h6-14,16H,15H2,1-5H3,(H,27,29)/b22-14-. The highest BCUT2D eigenvalue weighted by molar-refractivity contribution is 6.30. The van der Waals surface area contributed by atoms with Gasteiger partial charge in [0.2, 0.25) is 5.78 Å². The fraction of sp³-hybridized carbons (Fsp3) is 0.269. The van der Waals surface area contributed by atoms with Crippen molar-refractivity contribution in [1.82, 2.24) is 5.32 Å². The van der Waals surface area contributed by atoms with Gasteiger partial charge in [-0.15, -0.1) is 0 Å². The maximum Gasteiger partial charge on any atom is 0.343 e. The minimum atomic E-state index is -0.665. The molecule has 0 radical (unpaired) electrons. The largest absolute Gasteiger partial charge is 0.484 e. The number of nitrogens with zero attached hydrogens (tertiary/aromatic N) is 1. The summed E-state index contributed by atoms with van der Waals surface area (Å²) >= 11 is 0. The molecule has 0 aliphatic carbocycles. The summed E-state index contributed by atoms with van der Waals surface area (Å²) in [7, 11) is 1.26. The zero-order valence-corrected chi connectivity index (χ0v) is 19.5. The number of aryl methyl sites for hydroxylation is 1. The summed E-state index contributed by atoms with van der Waals surface area (Å²) in [4.78, 5) is 39.0. The average Bonchev–Trinajstić information content (AvgIpc) is 3.02. The summed E-state index contributed by atoms with van der Waals surface area (Å²) in [5, 5.41) is 2.76. The number of hydrogen-bond donors (Lipinski definition) is 1. The normalized spacial score (nSPS) is 14.8. The van der Waals surface area contributed by atoms with Gasteiger partial charge in [0.25, 0.3) is 5.91 Å². The maximum absolute atomic E-state index is 13.2. The van der Waals surface area contributed by atoms with Crippen LogP contribution < -0.4 is 15.0 Å². The zero-order valence-electron chi connectivity index (χ0n) is 19.5. The number of benzene rings is 2. The van der Waals surface area contributed by atoms with Gasteiger partial charge in [-0.1, -0.05) is 29.8 Å². The molecule has 33 heavy (non-hydrogen) atoms. The van der Waals surface area contributed by atoms with Crippen molar-refractivity contribution in [1.29, 1.82) is 0 Å². The summed E-state index contributed by atoms with van der Waals surface area (Å²) in [6.45, 7) is 7.39. The van der Waals surface area contributed by atoms with Gasteiger partial charge in [0.1, 0.15) is 11.3 Å². The molecule has 0 atom stereocenters. The molecule has 0 fully saturated rings. The van der Waals surface area contributed by atoms with E-state index in [-0.39, 0.29) is 24.1 Å². The summed E-state index contributed by atoms with van der Waals surface area (Å²) in [5.74, 6) is -0.723. The number of Topliss-reactive ketones (excluding diaryl/α,β-unsaturated/α-hetero) is 1. The second-order valence-corrected chi connectivity index (χ2v) is 8.06. The number of ether oxygens (including phenoxy) is 2. The predicted molar refractivity (Wildman–Crippen MR) is 127 cm³/mol. The molecule has 172 valence electrons. The first-order valence-corrected chi connectivity index (χ1v) is 10.7. The molecule has 1 aliphatic heterocycles. The molecule has 1 aliphatic rings. The van der Waals surface area contributed by atoms with Crippen LogP contribution in [-0.4, -0.2) is 37.4 Å². The highest BCUT2D eigenvalue weighted by Gasteiger charge is 2.38. The van der Waals surface area contributed by atoms with Crippen LogP contribution in [0.15, 0.2) is 65.5 Å². The molecule has 7 heteroatoms. The van der Waals surface area contributed by atoms with Gasteiger partial charge < -0.3 is 19.7 Å². The molecular weight excluding hydrogens is 420 g/mol. The second-order valence-electron chi connectivity index (χ2n) is 8.06. The summed E-state index contributed by atoms with van der Waals surface area (Å²) in [5.41, 5.74) is 3.48. The van der Waals surface area contributed by atoms with Crippen LogP contribution in [0.1, 0.15) is 31.9 Å². The second kappa shape index (κ2) is 10.2. The number of rotatable bonds is 7. The van der Waals surface area contributed by atoms with E-state index in [1.807, 2.05) is 45.0 Å². The zero-order chi connectivity index (χ0) is 24.1. The highest BCUT2D eigenvalue weighted by atomic mass is 16.5. The molecule has 3 rings (SSSR count). The number of methoxy groups -OCH3 is 1. The Morgan fingerprint density at radius 1 is 1.03 bits per heavy atom. The third kappa shape index (κ3) is 5.49. The van der Waals surface area contributed by atoms with Crippen molar-refractivity contribution < 1.29 is 23.9 Å². The minimum absolute atomic E-state index is 0.0143. The van der Waals surface area contributed by atoms with Gasteiger partial charge in [0, 0.05) is 17.4 Å². The van der Waals surface area contributed by atoms with Crippen molar-refractivity contribution in [2.45, 2.75) is 33.7 Å². The van der Waals surface area contributed by atoms with Crippen LogP contribution >= 0.6 is 0 Å². The number of allylic oxidation sites excluding steroid dienone is 2. The van der Waals surface area contributed by atoms with Gasteiger partial charge >= 0.3 is 5.97 Å². The number of hydrogen-bond acceptors (Lipinski definition) is 6. The number of carbonyl (C=O) groups excluding carboxylic acids is 3. The van der Waals surface area contributed by atoms with E-state index in [2.05, 4.69) is 5.32 Å². The number of anilines is 1. The molecule has 1 heterocycles. The van der Waals surface area contributed by atoms with E-state index >= 15 is 0 Å². The molecule has 0 aromatic heterocycles. The molecule has 0 unspecified atom stereocenters. The Morgan fingerprint density at radius 2 is 1.67 bits per heavy atom. The SMILES string of the molecule is COC(=O)C1=C(C)N(c2ccc(C)cc2)/C(=C\c2ccc(OCC(=O)NC(C)C)cc2)C1=O. The number of carbonyl (C=O) groups is 3. The van der Waals surface area contributed by atoms with Gasteiger partial charge in [-0.3, -0.25) is 9.59 Å². The summed E-state index contributed by atoms with van der Waals surface area (Å²) in [6, 6.07) is 14.8. The third-order valence-corrected chi connectivity index (χ3v) is 5.08. The van der Waals surface area contributed by atoms with Crippen molar-refractivity contribution in [2.24, 2.45) is 0 Å². The fourth-order valence-corrected chi connectivity index (χ4v) is 3.52. The van der Waals surface area contributed by atoms with E-state index in [0.717, 1.165) is 16.8 Å². The highest BCUT2D eigenvalue weighted by Crippen LogP contribution is 2.35. The Bertz CT molecular complexity index is 1110. The van der Waals surface area contributed by atoms with Gasteiger partial charge in [0.15, 0.2) is 6.61 Å². The molecule has 0 saturated carbocycles. The first kappa shape index (κ1) is 23.8. The van der Waals surface area contributed by atoms with E-state index in [1.165, 1.54) is 7.11 Å². The first-order chi connectivity index (χ1) is 15.7. The molecular formula is C26H28N2O5. The molecule has 1 amide bonds. The average molecular weight is 449 g/mol. The number of ketones is 1. The van der Waals surface area contributed by atoms with Crippen LogP contribution in [0.2, 0.25) is 0 Å². The van der Waals surface area contributed by atoms with Crippen molar-refractivity contribution in [3.05, 3.63) is 76.6 Å². The molecule has 0 spiro atoms. The summed E-state index contributed by atoms with van der Waals surface area (Å²) in [6.07, 6.45) is 1.72. The lowest BCUT2D eigenvalue weighted by Crippen LogP contribution is -2.34. The van der Waals surface area contributed by atoms with Crippen molar-refractivity contribution in [3.8, 4) is 5.75 Å². The van der Waals surface area contributed by atoms with Crippen LogP contribution in [0.5, 0.6) is 5.75 Å². The van der Waals surface area contributed by atoms with E-state index in [4.69, 9.17) is 9.47 Å². The number of esters is 1. The number of amides is 1. The van der Waals surface area contributed by atoms with Crippen molar-refractivity contribution in [2.75, 3.05) is 18.6 Å². The van der Waals surface area contributed by atoms with Crippen LogP contribution in [0.4, 0.5) is 5.69 Å². The van der Waals surface area contributed by atoms with Crippen molar-refractivity contribution in [3.63, 3.8) is 0 Å². The van der Waals surface area contributed by atoms with Crippen LogP contribution in [-0.2, 0) is 19.1 Å². The topological polar surface area (TPSA) is 84.9 Å². The first-order valence-electron chi connectivity index (χ1n) is 10.7. The lowest BCUT2D eigenvalue weighted by atomic mass is 10.1. The quantitative estimate of drug-likeness (QED) is 0.394. The molecule has 0 bridgehead atoms. The Labute approximate surface area is 193 Å². The van der Waals surface area contributed by atoms with Gasteiger partial charge in [-0.25, -0.2) is 4.79 Å². The predicted octanol–water partition coefficient (Wildman–Crippen LogP) is 3.78. The fourth-order valence-electron chi connectivity index (χ4n) is 3.52. The molecule has 7 nitrogen and oxygen atoms in total. The monoisotopic (exact) mass is 448 g/mol. The number of nitrogens with one attached hydrogen (secondary N) is 1. The molecule has 0 saturated heterocycles. The van der Waals surface area contributed by atoms with Gasteiger partial charge in [-0.2, -0.15) is 0 Å². The van der Waals surface area contributed by atoms with E-state index < -0.39 is 11.8 Å². The van der Waals surface area contributed by atoms with Crippen molar-refractivity contribution >= 4 is 29.4 Å². The molecule has 2 aromatic rings. The Balaban J connectivity index is 1.88. The Morgan fingerprint density at radius 3 is 2.24 bits per heavy atom. The molecule has 1 N–H and O–H groups in total. The van der Waals surface area contributed by atoms with E-state index in [0.29, 0.717) is 17.1 Å². The smallest absolute Gasteiger partial charge is 0.343 e. The minimum Gasteiger partial charge on any atom is -0.484 e. The lowest BCUT2D eigenvalue weighted by Gasteiger charge is -2.21. The third-order valence-electron chi connectivity index (χ3n) is 5.08. The summed E-state index contributed by atoms with van der Waals surface area (Å²) < 4.78 is 10.4. The maximum atomic E-state index is 13.2. The Hall–Kier alpha value is -3.87. The van der Waals surface area contributed by atoms with Gasteiger partial charge in [0.05, 0.1) is 12.8 Å². The molecule has 2 aromatic carbocycles.